The maximum Gasteiger partial charge on any atom is 0.217 e. The van der Waals surface area contributed by atoms with Crippen molar-refractivity contribution >= 4 is 5.91 Å². The molecule has 0 saturated carbocycles. The van der Waals surface area contributed by atoms with Gasteiger partial charge in [-0.25, -0.2) is 0 Å². The molecule has 0 atom stereocenters. The zero-order valence-electron chi connectivity index (χ0n) is 7.95. The Hall–Kier alpha value is -1.17. The summed E-state index contributed by atoms with van der Waals surface area (Å²) in [5.74, 6) is -0.342. The molecule has 0 fully saturated rings. The molecular formula is C7H16N4O2. The molecule has 0 aliphatic heterocycles. The molecule has 0 aromatic carbocycles. The van der Waals surface area contributed by atoms with Crippen LogP contribution in [-0.4, -0.2) is 23.3 Å². The minimum Gasteiger partial charge on any atom is -0.370 e. The van der Waals surface area contributed by atoms with E-state index in [-0.39, 0.29) is 5.91 Å². The second kappa shape index (κ2) is 5.47. The minimum atomic E-state index is -1.06. The Balaban J connectivity index is 3.38. The highest BCUT2D eigenvalue weighted by atomic mass is 16.3. The van der Waals surface area contributed by atoms with Crippen LogP contribution in [0.2, 0.25) is 0 Å². The SMILES string of the molecule is CC(C)(O)NN=NCCCC(N)=O. The first kappa shape index (κ1) is 11.8. The number of hydrogen-bond acceptors (Lipinski definition) is 4. The van der Waals surface area contributed by atoms with E-state index in [0.29, 0.717) is 19.4 Å². The van der Waals surface area contributed by atoms with Crippen molar-refractivity contribution in [1.29, 1.82) is 0 Å². The molecule has 0 bridgehead atoms. The molecule has 0 spiro atoms. The van der Waals surface area contributed by atoms with Gasteiger partial charge in [-0.05, 0) is 20.3 Å². The number of nitrogens with one attached hydrogen (secondary N) is 1. The van der Waals surface area contributed by atoms with Crippen LogP contribution in [0.25, 0.3) is 0 Å². The molecule has 0 aromatic heterocycles. The molecule has 0 aliphatic carbocycles. The van der Waals surface area contributed by atoms with Crippen LogP contribution in [0.5, 0.6) is 0 Å². The Morgan fingerprint density at radius 3 is 2.69 bits per heavy atom. The number of carbonyl (C=O) groups is 1. The zero-order chi connectivity index (χ0) is 10.3. The first-order valence-corrected chi connectivity index (χ1v) is 4.06. The number of nitrogens with zero attached hydrogens (tertiary/aromatic N) is 2. The zero-order valence-corrected chi connectivity index (χ0v) is 7.95. The molecule has 0 saturated heterocycles. The number of amides is 1. The lowest BCUT2D eigenvalue weighted by molar-refractivity contribution is -0.118. The normalized spacial score (nSPS) is 11.9. The van der Waals surface area contributed by atoms with Crippen molar-refractivity contribution in [3.05, 3.63) is 0 Å². The van der Waals surface area contributed by atoms with Crippen molar-refractivity contribution in [2.45, 2.75) is 32.4 Å². The van der Waals surface area contributed by atoms with Crippen LogP contribution < -0.4 is 11.2 Å². The van der Waals surface area contributed by atoms with Gasteiger partial charge in [0, 0.05) is 6.42 Å². The van der Waals surface area contributed by atoms with Gasteiger partial charge in [-0.2, -0.15) is 5.11 Å². The summed E-state index contributed by atoms with van der Waals surface area (Å²) in [6.07, 6.45) is 0.883. The summed E-state index contributed by atoms with van der Waals surface area (Å²) >= 11 is 0. The van der Waals surface area contributed by atoms with Gasteiger partial charge < -0.3 is 10.8 Å². The number of primary amides is 1. The molecule has 0 aliphatic rings. The quantitative estimate of drug-likeness (QED) is 0.235. The summed E-state index contributed by atoms with van der Waals surface area (Å²) < 4.78 is 0. The minimum absolute atomic E-state index is 0.307. The van der Waals surface area contributed by atoms with Gasteiger partial charge in [0.1, 0.15) is 5.72 Å². The van der Waals surface area contributed by atoms with Gasteiger partial charge in [0.25, 0.3) is 0 Å². The molecular weight excluding hydrogens is 172 g/mol. The van der Waals surface area contributed by atoms with E-state index in [4.69, 9.17) is 10.8 Å². The second-order valence-corrected chi connectivity index (χ2v) is 3.21. The third-order valence-electron chi connectivity index (χ3n) is 1.08. The van der Waals surface area contributed by atoms with Crippen molar-refractivity contribution < 1.29 is 9.90 Å². The average molecular weight is 188 g/mol. The molecule has 0 rings (SSSR count). The van der Waals surface area contributed by atoms with E-state index in [2.05, 4.69) is 15.8 Å². The lowest BCUT2D eigenvalue weighted by Crippen LogP contribution is -2.34. The van der Waals surface area contributed by atoms with Crippen molar-refractivity contribution in [3.8, 4) is 0 Å². The summed E-state index contributed by atoms with van der Waals surface area (Å²) in [6.45, 7) is 3.52. The summed E-state index contributed by atoms with van der Waals surface area (Å²) in [5.41, 5.74) is 6.25. The van der Waals surface area contributed by atoms with E-state index in [1.54, 1.807) is 13.8 Å². The molecule has 0 heterocycles. The first-order chi connectivity index (χ1) is 5.92. The largest absolute Gasteiger partial charge is 0.370 e. The third-order valence-corrected chi connectivity index (χ3v) is 1.08. The number of rotatable bonds is 6. The number of aliphatic hydroxyl groups is 1. The highest BCUT2D eigenvalue weighted by Gasteiger charge is 2.08. The lowest BCUT2D eigenvalue weighted by atomic mass is 10.3. The van der Waals surface area contributed by atoms with Crippen molar-refractivity contribution in [3.63, 3.8) is 0 Å². The van der Waals surface area contributed by atoms with Crippen LogP contribution in [-0.2, 0) is 4.79 Å². The molecule has 13 heavy (non-hydrogen) atoms. The number of carbonyl (C=O) groups excluding carboxylic acids is 1. The summed E-state index contributed by atoms with van der Waals surface area (Å²) in [7, 11) is 0. The van der Waals surface area contributed by atoms with Gasteiger partial charge in [0.2, 0.25) is 5.91 Å². The van der Waals surface area contributed by atoms with Crippen molar-refractivity contribution in [1.82, 2.24) is 5.43 Å². The van der Waals surface area contributed by atoms with E-state index in [1.165, 1.54) is 0 Å². The maximum absolute atomic E-state index is 10.3. The Bertz CT molecular complexity index is 185. The fourth-order valence-electron chi connectivity index (χ4n) is 0.532. The molecule has 1 amide bonds. The van der Waals surface area contributed by atoms with Gasteiger partial charge in [-0.15, -0.1) is 0 Å². The molecule has 6 nitrogen and oxygen atoms in total. The molecule has 6 heteroatoms. The van der Waals surface area contributed by atoms with E-state index in [1.807, 2.05) is 0 Å². The molecule has 0 aromatic rings. The van der Waals surface area contributed by atoms with Crippen LogP contribution in [0, 0.1) is 0 Å². The number of hydrogen-bond donors (Lipinski definition) is 3. The standard InChI is InChI=1S/C7H16N4O2/c1-7(2,13)10-11-9-5-3-4-6(8)12/h13H,3-5H2,1-2H3,(H2,8,12)(H,9,10). The van der Waals surface area contributed by atoms with Gasteiger partial charge in [-0.3, -0.25) is 10.2 Å². The van der Waals surface area contributed by atoms with Gasteiger partial charge in [0.15, 0.2) is 0 Å². The monoisotopic (exact) mass is 188 g/mol. The van der Waals surface area contributed by atoms with E-state index in [0.717, 1.165) is 0 Å². The van der Waals surface area contributed by atoms with Crippen molar-refractivity contribution in [2.75, 3.05) is 6.54 Å². The molecule has 76 valence electrons. The average Bonchev–Trinajstić information content (AvgIpc) is 1.93. The van der Waals surface area contributed by atoms with Gasteiger partial charge in [-0.1, -0.05) is 5.22 Å². The fraction of sp³-hybridized carbons (Fsp3) is 0.857. The highest BCUT2D eigenvalue weighted by molar-refractivity contribution is 5.73. The predicted octanol–water partition coefficient (Wildman–Crippen LogP) is -0.0629. The fourth-order valence-corrected chi connectivity index (χ4v) is 0.532. The van der Waals surface area contributed by atoms with E-state index < -0.39 is 5.72 Å². The van der Waals surface area contributed by atoms with E-state index >= 15 is 0 Å². The van der Waals surface area contributed by atoms with Gasteiger partial charge in [0.05, 0.1) is 6.54 Å². The lowest BCUT2D eigenvalue weighted by Gasteiger charge is -2.14. The topological polar surface area (TPSA) is 100 Å². The summed E-state index contributed by atoms with van der Waals surface area (Å²) in [5, 5.41) is 16.3. The second-order valence-electron chi connectivity index (χ2n) is 3.21. The first-order valence-electron chi connectivity index (χ1n) is 4.06. The van der Waals surface area contributed by atoms with E-state index in [9.17, 15) is 4.79 Å². The van der Waals surface area contributed by atoms with Crippen LogP contribution >= 0.6 is 0 Å². The molecule has 0 radical (unpaired) electrons. The Morgan fingerprint density at radius 2 is 2.23 bits per heavy atom. The smallest absolute Gasteiger partial charge is 0.217 e. The molecule has 4 N–H and O–H groups in total. The Morgan fingerprint density at radius 1 is 1.62 bits per heavy atom. The van der Waals surface area contributed by atoms with Crippen LogP contribution in [0.4, 0.5) is 0 Å². The predicted molar refractivity (Wildman–Crippen MR) is 47.6 cm³/mol. The summed E-state index contributed by atoms with van der Waals surface area (Å²) in [4.78, 5) is 10.3. The highest BCUT2D eigenvalue weighted by Crippen LogP contribution is 1.94. The van der Waals surface area contributed by atoms with Gasteiger partial charge >= 0.3 is 0 Å². The Kier molecular flexibility index (Phi) is 4.98. The molecule has 0 unspecified atom stereocenters. The number of nitrogens with two attached hydrogens (primary N) is 1. The van der Waals surface area contributed by atoms with Crippen molar-refractivity contribution in [2.24, 2.45) is 16.1 Å². The maximum atomic E-state index is 10.3. The van der Waals surface area contributed by atoms with Crippen LogP contribution in [0.15, 0.2) is 10.3 Å². The Labute approximate surface area is 77.2 Å². The summed E-state index contributed by atoms with van der Waals surface area (Å²) in [6, 6.07) is 0. The van der Waals surface area contributed by atoms with Crippen LogP contribution in [0.1, 0.15) is 26.7 Å². The van der Waals surface area contributed by atoms with Crippen LogP contribution in [0.3, 0.4) is 0 Å². The third kappa shape index (κ3) is 10.8.